The van der Waals surface area contributed by atoms with Crippen molar-refractivity contribution < 1.29 is 28.2 Å². The van der Waals surface area contributed by atoms with Crippen LogP contribution in [-0.2, 0) is 20.7 Å². The molecule has 2 aliphatic rings. The monoisotopic (exact) mass is 551 g/mol. The minimum atomic E-state index is -1.02. The van der Waals surface area contributed by atoms with Crippen molar-refractivity contribution in [2.24, 2.45) is 17.8 Å². The summed E-state index contributed by atoms with van der Waals surface area (Å²) in [5.41, 5.74) is 0.344. The first-order valence-electron chi connectivity index (χ1n) is 14.7. The SMILES string of the molecule is CCCCO[C@H]1CN[C@@H]([C@@H](O)[C@H](Cc2cc(F)cc(F)c2)NC(=O)C2CN(CCCC)C(=O)C2CC(C)C)C1. The summed E-state index contributed by atoms with van der Waals surface area (Å²) in [5, 5.41) is 17.7. The predicted molar refractivity (Wildman–Crippen MR) is 147 cm³/mol. The number of carbonyl (C=O) groups is 2. The lowest BCUT2D eigenvalue weighted by Crippen LogP contribution is -2.54. The van der Waals surface area contributed by atoms with E-state index in [1.807, 2.05) is 13.8 Å². The molecule has 220 valence electrons. The summed E-state index contributed by atoms with van der Waals surface area (Å²) in [7, 11) is 0. The number of carbonyl (C=O) groups excluding carboxylic acids is 2. The van der Waals surface area contributed by atoms with Crippen LogP contribution in [0.5, 0.6) is 0 Å². The van der Waals surface area contributed by atoms with Crippen molar-refractivity contribution in [1.29, 1.82) is 0 Å². The molecule has 0 spiro atoms. The van der Waals surface area contributed by atoms with Crippen molar-refractivity contribution in [3.63, 3.8) is 0 Å². The molecule has 2 amide bonds. The van der Waals surface area contributed by atoms with Crippen molar-refractivity contribution in [3.8, 4) is 0 Å². The minimum absolute atomic E-state index is 0.00568. The van der Waals surface area contributed by atoms with Gasteiger partial charge in [0.05, 0.1) is 30.1 Å². The number of halogens is 2. The highest BCUT2D eigenvalue weighted by Crippen LogP contribution is 2.31. The molecule has 7 nitrogen and oxygen atoms in total. The summed E-state index contributed by atoms with van der Waals surface area (Å²) in [6.45, 7) is 10.4. The van der Waals surface area contributed by atoms with Crippen molar-refractivity contribution >= 4 is 11.8 Å². The molecule has 1 aromatic rings. The van der Waals surface area contributed by atoms with E-state index in [1.165, 1.54) is 12.1 Å². The van der Waals surface area contributed by atoms with E-state index in [9.17, 15) is 23.5 Å². The maximum atomic E-state index is 14.0. The van der Waals surface area contributed by atoms with Gasteiger partial charge in [0.15, 0.2) is 0 Å². The third-order valence-corrected chi connectivity index (χ3v) is 7.88. The molecule has 9 heteroatoms. The Morgan fingerprint density at radius 1 is 1.18 bits per heavy atom. The number of amides is 2. The molecule has 0 aromatic heterocycles. The molecule has 2 unspecified atom stereocenters. The van der Waals surface area contributed by atoms with Gasteiger partial charge in [-0.2, -0.15) is 0 Å². The van der Waals surface area contributed by atoms with Gasteiger partial charge < -0.3 is 25.4 Å². The molecule has 2 fully saturated rings. The predicted octanol–water partition coefficient (Wildman–Crippen LogP) is 3.82. The largest absolute Gasteiger partial charge is 0.389 e. The normalized spacial score (nSPS) is 24.9. The molecule has 3 rings (SSSR count). The third kappa shape index (κ3) is 8.95. The number of aliphatic hydroxyl groups excluding tert-OH is 1. The summed E-state index contributed by atoms with van der Waals surface area (Å²) in [6, 6.07) is 2.10. The van der Waals surface area contributed by atoms with E-state index in [4.69, 9.17) is 4.74 Å². The van der Waals surface area contributed by atoms with Crippen LogP contribution in [0, 0.1) is 29.4 Å². The van der Waals surface area contributed by atoms with E-state index in [-0.39, 0.29) is 36.3 Å². The highest BCUT2D eigenvalue weighted by Gasteiger charge is 2.45. The van der Waals surface area contributed by atoms with E-state index in [0.717, 1.165) is 31.7 Å². The Morgan fingerprint density at radius 3 is 2.51 bits per heavy atom. The van der Waals surface area contributed by atoms with Gasteiger partial charge in [-0.1, -0.05) is 40.5 Å². The lowest BCUT2D eigenvalue weighted by Gasteiger charge is -2.30. The second-order valence-corrected chi connectivity index (χ2v) is 11.7. The molecule has 3 N–H and O–H groups in total. The Labute approximate surface area is 232 Å². The molecule has 6 atom stereocenters. The minimum Gasteiger partial charge on any atom is -0.389 e. The first-order chi connectivity index (χ1) is 18.6. The van der Waals surface area contributed by atoms with E-state index >= 15 is 0 Å². The van der Waals surface area contributed by atoms with Crippen molar-refractivity contribution in [1.82, 2.24) is 15.5 Å². The quantitative estimate of drug-likeness (QED) is 0.289. The smallest absolute Gasteiger partial charge is 0.226 e. The second-order valence-electron chi connectivity index (χ2n) is 11.7. The van der Waals surface area contributed by atoms with E-state index in [2.05, 4.69) is 24.5 Å². The maximum absolute atomic E-state index is 14.0. The fraction of sp³-hybridized carbons (Fsp3) is 0.733. The summed E-state index contributed by atoms with van der Waals surface area (Å²) < 4.78 is 33.9. The van der Waals surface area contributed by atoms with Crippen molar-refractivity contribution in [2.75, 3.05) is 26.2 Å². The molecule has 0 aliphatic carbocycles. The Bertz CT molecular complexity index is 927. The number of benzene rings is 1. The summed E-state index contributed by atoms with van der Waals surface area (Å²) in [6.07, 6.45) is 3.96. The lowest BCUT2D eigenvalue weighted by atomic mass is 9.86. The highest BCUT2D eigenvalue weighted by atomic mass is 19.1. The number of hydrogen-bond donors (Lipinski definition) is 3. The van der Waals surface area contributed by atoms with Gasteiger partial charge in [0.25, 0.3) is 0 Å². The fourth-order valence-electron chi connectivity index (χ4n) is 5.77. The van der Waals surface area contributed by atoms with Crippen LogP contribution in [0.3, 0.4) is 0 Å². The van der Waals surface area contributed by atoms with E-state index < -0.39 is 35.6 Å². The Hall–Kier alpha value is -2.10. The molecule has 2 saturated heterocycles. The molecule has 2 aliphatic heterocycles. The van der Waals surface area contributed by atoms with Gasteiger partial charge in [-0.05, 0) is 55.7 Å². The van der Waals surface area contributed by atoms with Crippen molar-refractivity contribution in [3.05, 3.63) is 35.4 Å². The third-order valence-electron chi connectivity index (χ3n) is 7.88. The number of unbranched alkanes of at least 4 members (excludes halogenated alkanes) is 2. The average Bonchev–Trinajstić information content (AvgIpc) is 3.46. The van der Waals surface area contributed by atoms with Crippen LogP contribution in [-0.4, -0.2) is 72.4 Å². The highest BCUT2D eigenvalue weighted by molar-refractivity contribution is 5.91. The number of hydrogen-bond acceptors (Lipinski definition) is 5. The van der Waals surface area contributed by atoms with Crippen LogP contribution in [0.4, 0.5) is 8.78 Å². The summed E-state index contributed by atoms with van der Waals surface area (Å²) >= 11 is 0. The summed E-state index contributed by atoms with van der Waals surface area (Å²) in [5.74, 6) is -2.45. The number of nitrogens with one attached hydrogen (secondary N) is 2. The Kier molecular flexibility index (Phi) is 12.1. The molecule has 2 heterocycles. The first kappa shape index (κ1) is 31.4. The standard InChI is InChI=1S/C30H47F2N3O4/c1-5-7-9-35-18-25(24(30(35)38)11-19(3)4)29(37)34-27(14-20-12-21(31)15-22(32)13-20)28(36)26-16-23(17-33-26)39-10-8-6-2/h12-13,15,19,23-28,33,36H,5-11,14,16-18H2,1-4H3,(H,34,37)/t23-,24?,25?,26-,27+,28-/m1/s1. The number of nitrogens with zero attached hydrogens (tertiary/aromatic N) is 1. The Morgan fingerprint density at radius 2 is 1.87 bits per heavy atom. The molecule has 0 bridgehead atoms. The van der Waals surface area contributed by atoms with Crippen LogP contribution in [0.2, 0.25) is 0 Å². The van der Waals surface area contributed by atoms with Gasteiger partial charge in [0.2, 0.25) is 11.8 Å². The van der Waals surface area contributed by atoms with E-state index in [1.54, 1.807) is 4.90 Å². The van der Waals surface area contributed by atoms with E-state index in [0.29, 0.717) is 44.6 Å². The van der Waals surface area contributed by atoms with Crippen molar-refractivity contribution in [2.45, 2.75) is 96.9 Å². The lowest BCUT2D eigenvalue weighted by molar-refractivity contribution is -0.134. The first-order valence-corrected chi connectivity index (χ1v) is 14.7. The van der Waals surface area contributed by atoms with Gasteiger partial charge in [0, 0.05) is 38.3 Å². The van der Waals surface area contributed by atoms with Crippen LogP contribution in [0.15, 0.2) is 18.2 Å². The molecular formula is C30H47F2N3O4. The number of ether oxygens (including phenoxy) is 1. The molecule has 0 radical (unpaired) electrons. The number of aliphatic hydroxyl groups is 1. The topological polar surface area (TPSA) is 90.9 Å². The maximum Gasteiger partial charge on any atom is 0.226 e. The Balaban J connectivity index is 1.78. The van der Waals surface area contributed by atoms with Gasteiger partial charge >= 0.3 is 0 Å². The van der Waals surface area contributed by atoms with Gasteiger partial charge in [-0.3, -0.25) is 9.59 Å². The zero-order valence-electron chi connectivity index (χ0n) is 23.9. The van der Waals surface area contributed by atoms with Gasteiger partial charge in [0.1, 0.15) is 11.6 Å². The fourth-order valence-corrected chi connectivity index (χ4v) is 5.77. The van der Waals surface area contributed by atoms with Gasteiger partial charge in [-0.25, -0.2) is 8.78 Å². The zero-order valence-corrected chi connectivity index (χ0v) is 23.9. The second kappa shape index (κ2) is 15.1. The molecule has 1 aromatic carbocycles. The molecule has 39 heavy (non-hydrogen) atoms. The average molecular weight is 552 g/mol. The zero-order chi connectivity index (χ0) is 28.5. The van der Waals surface area contributed by atoms with Crippen LogP contribution in [0.25, 0.3) is 0 Å². The number of likely N-dealkylation sites (tertiary alicyclic amines) is 1. The summed E-state index contributed by atoms with van der Waals surface area (Å²) in [4.78, 5) is 28.7. The molecule has 0 saturated carbocycles. The molecular weight excluding hydrogens is 504 g/mol. The van der Waals surface area contributed by atoms with Crippen LogP contribution in [0.1, 0.15) is 71.8 Å². The van der Waals surface area contributed by atoms with Gasteiger partial charge in [-0.15, -0.1) is 0 Å². The van der Waals surface area contributed by atoms with Crippen LogP contribution >= 0.6 is 0 Å². The number of rotatable bonds is 15. The van der Waals surface area contributed by atoms with Crippen LogP contribution < -0.4 is 10.6 Å².